The van der Waals surface area contributed by atoms with Crippen LogP contribution in [-0.2, 0) is 23.0 Å². The summed E-state index contributed by atoms with van der Waals surface area (Å²) in [6.45, 7) is 0.533. The number of carbonyl (C=O) groups excluding carboxylic acids is 1. The molecule has 7 nitrogen and oxygen atoms in total. The first-order valence-electron chi connectivity index (χ1n) is 7.68. The lowest BCUT2D eigenvalue weighted by Crippen LogP contribution is -2.46. The van der Waals surface area contributed by atoms with Gasteiger partial charge in [-0.15, -0.1) is 10.2 Å². The zero-order valence-corrected chi connectivity index (χ0v) is 13.1. The average molecular weight is 355 g/mol. The molecule has 25 heavy (non-hydrogen) atoms. The van der Waals surface area contributed by atoms with Crippen molar-refractivity contribution in [2.45, 2.75) is 31.0 Å². The third-order valence-corrected chi connectivity index (χ3v) is 4.31. The highest BCUT2D eigenvalue weighted by molar-refractivity contribution is 5.79. The van der Waals surface area contributed by atoms with E-state index in [0.29, 0.717) is 5.56 Å². The van der Waals surface area contributed by atoms with Crippen molar-refractivity contribution < 1.29 is 23.1 Å². The van der Waals surface area contributed by atoms with Crippen molar-refractivity contribution in [1.29, 1.82) is 0 Å². The highest BCUT2D eigenvalue weighted by atomic mass is 19.4. The standard InChI is InChI=1S/C15H16F3N5O2/c16-15(17,18)11-3-1-2-10(8-11)9-12(24)23-6-4-14(25,5-7-23)13-19-21-22-20-13/h1-3,8,25H,4-7,9H2,(H,19,20,21,22). The highest BCUT2D eigenvalue weighted by Crippen LogP contribution is 2.31. The van der Waals surface area contributed by atoms with E-state index in [1.54, 1.807) is 0 Å². The van der Waals surface area contributed by atoms with Crippen LogP contribution in [0.25, 0.3) is 0 Å². The number of likely N-dealkylation sites (tertiary alicyclic amines) is 1. The molecule has 1 aromatic carbocycles. The largest absolute Gasteiger partial charge is 0.416 e. The van der Waals surface area contributed by atoms with Crippen molar-refractivity contribution in [2.75, 3.05) is 13.1 Å². The molecule has 0 bridgehead atoms. The second kappa shape index (κ2) is 6.43. The van der Waals surface area contributed by atoms with E-state index in [0.717, 1.165) is 12.1 Å². The molecule has 0 unspecified atom stereocenters. The van der Waals surface area contributed by atoms with Crippen LogP contribution in [0.5, 0.6) is 0 Å². The Morgan fingerprint density at radius 3 is 2.64 bits per heavy atom. The molecule has 0 spiro atoms. The summed E-state index contributed by atoms with van der Waals surface area (Å²) >= 11 is 0. The Kier molecular flexibility index (Phi) is 4.46. The Bertz CT molecular complexity index is 740. The lowest BCUT2D eigenvalue weighted by molar-refractivity contribution is -0.138. The van der Waals surface area contributed by atoms with Crippen LogP contribution in [0.4, 0.5) is 13.2 Å². The first kappa shape index (κ1) is 17.3. The first-order chi connectivity index (χ1) is 11.8. The molecule has 2 heterocycles. The van der Waals surface area contributed by atoms with E-state index in [1.807, 2.05) is 0 Å². The van der Waals surface area contributed by atoms with Crippen molar-refractivity contribution in [2.24, 2.45) is 0 Å². The number of hydrogen-bond acceptors (Lipinski definition) is 5. The summed E-state index contributed by atoms with van der Waals surface area (Å²) in [7, 11) is 0. The normalized spacial score (nSPS) is 17.5. The maximum atomic E-state index is 12.7. The molecule has 1 aromatic heterocycles. The van der Waals surface area contributed by atoms with E-state index in [2.05, 4.69) is 20.6 Å². The number of halogens is 3. The topological polar surface area (TPSA) is 95.0 Å². The fourth-order valence-corrected chi connectivity index (χ4v) is 2.85. The van der Waals surface area contributed by atoms with Crippen LogP contribution in [0.3, 0.4) is 0 Å². The Morgan fingerprint density at radius 2 is 2.04 bits per heavy atom. The number of H-pyrrole nitrogens is 1. The summed E-state index contributed by atoms with van der Waals surface area (Å²) in [4.78, 5) is 13.9. The monoisotopic (exact) mass is 355 g/mol. The SMILES string of the molecule is O=C(Cc1cccc(C(F)(F)F)c1)N1CCC(O)(c2nn[nH]n2)CC1. The number of carbonyl (C=O) groups is 1. The Morgan fingerprint density at radius 1 is 1.32 bits per heavy atom. The molecule has 2 N–H and O–H groups in total. The third-order valence-electron chi connectivity index (χ3n) is 4.31. The summed E-state index contributed by atoms with van der Waals surface area (Å²) in [5.74, 6) is -0.105. The Labute approximate surface area is 140 Å². The zero-order chi connectivity index (χ0) is 18.1. The number of piperidine rings is 1. The second-order valence-corrected chi connectivity index (χ2v) is 6.02. The average Bonchev–Trinajstić information content (AvgIpc) is 3.10. The van der Waals surface area contributed by atoms with Crippen molar-refractivity contribution in [3.63, 3.8) is 0 Å². The van der Waals surface area contributed by atoms with Crippen LogP contribution in [0.15, 0.2) is 24.3 Å². The summed E-state index contributed by atoms with van der Waals surface area (Å²) < 4.78 is 38.2. The molecule has 134 valence electrons. The number of tetrazole rings is 1. The molecule has 10 heteroatoms. The smallest absolute Gasteiger partial charge is 0.382 e. The lowest BCUT2D eigenvalue weighted by atomic mass is 9.90. The lowest BCUT2D eigenvalue weighted by Gasteiger charge is -2.36. The number of aromatic amines is 1. The third kappa shape index (κ3) is 3.78. The summed E-state index contributed by atoms with van der Waals surface area (Å²) in [6.07, 6.45) is -4.09. The molecule has 0 atom stereocenters. The fourth-order valence-electron chi connectivity index (χ4n) is 2.85. The van der Waals surface area contributed by atoms with Crippen molar-refractivity contribution in [1.82, 2.24) is 25.5 Å². The van der Waals surface area contributed by atoms with Gasteiger partial charge in [-0.25, -0.2) is 0 Å². The van der Waals surface area contributed by atoms with E-state index in [4.69, 9.17) is 0 Å². The van der Waals surface area contributed by atoms with E-state index in [1.165, 1.54) is 17.0 Å². The van der Waals surface area contributed by atoms with Gasteiger partial charge in [0.15, 0.2) is 0 Å². The number of nitrogens with zero attached hydrogens (tertiary/aromatic N) is 4. The van der Waals surface area contributed by atoms with Crippen molar-refractivity contribution in [3.8, 4) is 0 Å². The Balaban J connectivity index is 1.62. The van der Waals surface area contributed by atoms with E-state index >= 15 is 0 Å². The summed E-state index contributed by atoms with van der Waals surface area (Å²) in [6, 6.07) is 4.74. The minimum atomic E-state index is -4.44. The van der Waals surface area contributed by atoms with Gasteiger partial charge in [0, 0.05) is 25.9 Å². The molecular weight excluding hydrogens is 339 g/mol. The van der Waals surface area contributed by atoms with Gasteiger partial charge in [-0.1, -0.05) is 23.4 Å². The highest BCUT2D eigenvalue weighted by Gasteiger charge is 2.39. The van der Waals surface area contributed by atoms with Gasteiger partial charge >= 0.3 is 6.18 Å². The van der Waals surface area contributed by atoms with Crippen LogP contribution in [-0.4, -0.2) is 49.6 Å². The van der Waals surface area contributed by atoms with E-state index < -0.39 is 17.3 Å². The van der Waals surface area contributed by atoms with E-state index in [-0.39, 0.29) is 44.1 Å². The summed E-state index contributed by atoms with van der Waals surface area (Å²) in [5, 5.41) is 23.7. The predicted molar refractivity (Wildman–Crippen MR) is 79.0 cm³/mol. The molecule has 1 saturated heterocycles. The number of alkyl halides is 3. The number of rotatable bonds is 3. The molecule has 3 rings (SSSR count). The number of amides is 1. The van der Waals surface area contributed by atoms with Gasteiger partial charge in [-0.2, -0.15) is 18.4 Å². The van der Waals surface area contributed by atoms with Crippen LogP contribution in [0.2, 0.25) is 0 Å². The minimum Gasteiger partial charge on any atom is -0.382 e. The minimum absolute atomic E-state index is 0.120. The van der Waals surface area contributed by atoms with Crippen molar-refractivity contribution in [3.05, 3.63) is 41.2 Å². The molecule has 1 fully saturated rings. The first-order valence-corrected chi connectivity index (χ1v) is 7.68. The quantitative estimate of drug-likeness (QED) is 0.865. The number of aliphatic hydroxyl groups is 1. The molecule has 1 amide bonds. The number of hydrogen-bond donors (Lipinski definition) is 2. The molecule has 1 aliphatic heterocycles. The number of nitrogens with one attached hydrogen (secondary N) is 1. The van der Waals surface area contributed by atoms with Gasteiger partial charge in [0.1, 0.15) is 5.60 Å². The summed E-state index contributed by atoms with van der Waals surface area (Å²) in [5.41, 5.74) is -1.72. The molecule has 2 aromatic rings. The van der Waals surface area contributed by atoms with Gasteiger partial charge in [0.2, 0.25) is 11.7 Å². The van der Waals surface area contributed by atoms with Gasteiger partial charge in [-0.3, -0.25) is 4.79 Å². The number of benzene rings is 1. The van der Waals surface area contributed by atoms with Crippen molar-refractivity contribution >= 4 is 5.91 Å². The molecule has 0 saturated carbocycles. The predicted octanol–water partition coefficient (Wildman–Crippen LogP) is 1.27. The zero-order valence-electron chi connectivity index (χ0n) is 13.1. The van der Waals surface area contributed by atoms with Crippen LogP contribution in [0.1, 0.15) is 29.8 Å². The molecule has 0 radical (unpaired) electrons. The second-order valence-electron chi connectivity index (χ2n) is 6.02. The van der Waals surface area contributed by atoms with Gasteiger partial charge in [0.25, 0.3) is 0 Å². The van der Waals surface area contributed by atoms with Crippen LogP contribution >= 0.6 is 0 Å². The van der Waals surface area contributed by atoms with Crippen LogP contribution in [0, 0.1) is 0 Å². The van der Waals surface area contributed by atoms with Gasteiger partial charge in [0.05, 0.1) is 12.0 Å². The van der Waals surface area contributed by atoms with Gasteiger partial charge < -0.3 is 10.0 Å². The number of aromatic nitrogens is 4. The molecule has 1 aliphatic rings. The van der Waals surface area contributed by atoms with E-state index in [9.17, 15) is 23.1 Å². The maximum Gasteiger partial charge on any atom is 0.416 e. The van der Waals surface area contributed by atoms with Gasteiger partial charge in [-0.05, 0) is 11.6 Å². The Hall–Kier alpha value is -2.49. The van der Waals surface area contributed by atoms with Crippen LogP contribution < -0.4 is 0 Å². The molecular formula is C15H16F3N5O2. The maximum absolute atomic E-state index is 12.7. The fraction of sp³-hybridized carbons (Fsp3) is 0.467. The molecule has 0 aliphatic carbocycles.